The summed E-state index contributed by atoms with van der Waals surface area (Å²) in [5.74, 6) is 4.58. The Labute approximate surface area is 128 Å². The Morgan fingerprint density at radius 3 is 2.81 bits per heavy atom. The molecule has 0 heterocycles. The molecular weight excluding hydrogens is 256 g/mol. The van der Waals surface area contributed by atoms with E-state index in [2.05, 4.69) is 19.6 Å². The molecule has 0 saturated heterocycles. The number of fused-ring (bicyclic) bond motifs is 5. The molecule has 21 heavy (non-hydrogen) atoms. The first-order valence-corrected chi connectivity index (χ1v) is 8.99. The lowest BCUT2D eigenvalue weighted by Crippen LogP contribution is -2.46. The van der Waals surface area contributed by atoms with Crippen molar-refractivity contribution in [3.05, 3.63) is 24.3 Å². The van der Waals surface area contributed by atoms with Gasteiger partial charge in [-0.05, 0) is 86.0 Å². The van der Waals surface area contributed by atoms with Crippen LogP contribution in [0.4, 0.5) is 0 Å². The molecule has 114 valence electrons. The molecule has 3 saturated carbocycles. The Hall–Kier alpha value is -0.850. The topological polar surface area (TPSA) is 17.1 Å². The molecule has 4 rings (SSSR count). The molecule has 4 aliphatic carbocycles. The molecule has 0 spiro atoms. The monoisotopic (exact) mass is 284 g/mol. The van der Waals surface area contributed by atoms with Gasteiger partial charge in [0.1, 0.15) is 0 Å². The van der Waals surface area contributed by atoms with Gasteiger partial charge in [0.15, 0.2) is 5.78 Å². The van der Waals surface area contributed by atoms with Gasteiger partial charge in [0.25, 0.3) is 0 Å². The van der Waals surface area contributed by atoms with E-state index in [1.54, 1.807) is 0 Å². The van der Waals surface area contributed by atoms with E-state index in [4.69, 9.17) is 0 Å². The van der Waals surface area contributed by atoms with Crippen molar-refractivity contribution in [2.45, 2.75) is 58.3 Å². The highest BCUT2D eigenvalue weighted by Crippen LogP contribution is 2.63. The van der Waals surface area contributed by atoms with Crippen molar-refractivity contribution >= 4 is 5.78 Å². The van der Waals surface area contributed by atoms with Gasteiger partial charge < -0.3 is 0 Å². The number of allylic oxidation sites excluding steroid dienone is 2. The maximum atomic E-state index is 11.7. The van der Waals surface area contributed by atoms with Crippen LogP contribution in [-0.2, 0) is 4.79 Å². The summed E-state index contributed by atoms with van der Waals surface area (Å²) >= 11 is 0. The highest BCUT2D eigenvalue weighted by molar-refractivity contribution is 5.91. The van der Waals surface area contributed by atoms with Crippen LogP contribution >= 0.6 is 0 Å². The van der Waals surface area contributed by atoms with E-state index >= 15 is 0 Å². The predicted octanol–water partition coefficient (Wildman–Crippen LogP) is 4.93. The van der Waals surface area contributed by atoms with Gasteiger partial charge in [0.2, 0.25) is 0 Å². The quantitative estimate of drug-likeness (QED) is 0.624. The van der Waals surface area contributed by atoms with E-state index < -0.39 is 0 Å². The SMILES string of the molecule is C=C[C@H]1CCC2C3CCC4=CC(=O)CCC4C3CCC21C. The zero-order chi connectivity index (χ0) is 14.6. The fraction of sp³-hybridized carbons (Fsp3) is 0.750. The molecule has 0 aliphatic heterocycles. The average molecular weight is 284 g/mol. The van der Waals surface area contributed by atoms with Crippen molar-refractivity contribution in [1.82, 2.24) is 0 Å². The highest BCUT2D eigenvalue weighted by Gasteiger charge is 2.55. The molecular formula is C20H28O. The van der Waals surface area contributed by atoms with Crippen LogP contribution < -0.4 is 0 Å². The molecule has 0 aromatic rings. The highest BCUT2D eigenvalue weighted by atomic mass is 16.1. The molecule has 5 unspecified atom stereocenters. The van der Waals surface area contributed by atoms with Gasteiger partial charge in [0.05, 0.1) is 0 Å². The molecule has 1 heteroatoms. The van der Waals surface area contributed by atoms with E-state index in [-0.39, 0.29) is 0 Å². The second kappa shape index (κ2) is 4.83. The van der Waals surface area contributed by atoms with Crippen LogP contribution in [0.15, 0.2) is 24.3 Å². The van der Waals surface area contributed by atoms with Crippen LogP contribution in [0.25, 0.3) is 0 Å². The van der Waals surface area contributed by atoms with E-state index in [1.807, 2.05) is 6.08 Å². The third kappa shape index (κ3) is 1.92. The standard InChI is InChI=1S/C20H28O/c1-3-14-5-9-19-18-7-4-13-12-15(21)6-8-16(13)17(18)10-11-20(14,19)2/h3,12,14,16-19H,1,4-11H2,2H3/t14-,16?,17?,18?,19?,20?/m0/s1. The normalized spacial score (nSPS) is 48.9. The number of hydrogen-bond donors (Lipinski definition) is 0. The Kier molecular flexibility index (Phi) is 3.17. The van der Waals surface area contributed by atoms with E-state index in [0.29, 0.717) is 11.2 Å². The Morgan fingerprint density at radius 2 is 2.00 bits per heavy atom. The van der Waals surface area contributed by atoms with E-state index in [0.717, 1.165) is 42.4 Å². The van der Waals surface area contributed by atoms with E-state index in [9.17, 15) is 4.79 Å². The first kappa shape index (κ1) is 13.8. The van der Waals surface area contributed by atoms with Gasteiger partial charge in [-0.3, -0.25) is 4.79 Å². The lowest BCUT2D eigenvalue weighted by Gasteiger charge is -2.53. The molecule has 3 fully saturated rings. The molecule has 0 amide bonds. The van der Waals surface area contributed by atoms with Crippen molar-refractivity contribution in [3.63, 3.8) is 0 Å². The molecule has 1 nitrogen and oxygen atoms in total. The molecule has 0 radical (unpaired) electrons. The molecule has 0 N–H and O–H groups in total. The van der Waals surface area contributed by atoms with Crippen LogP contribution in [-0.4, -0.2) is 5.78 Å². The molecule has 4 aliphatic rings. The predicted molar refractivity (Wildman–Crippen MR) is 85.8 cm³/mol. The number of hydrogen-bond acceptors (Lipinski definition) is 1. The maximum absolute atomic E-state index is 11.7. The minimum Gasteiger partial charge on any atom is -0.295 e. The second-order valence-corrected chi connectivity index (χ2v) is 8.27. The largest absolute Gasteiger partial charge is 0.295 e. The van der Waals surface area contributed by atoms with Crippen molar-refractivity contribution in [2.24, 2.45) is 35.0 Å². The Balaban J connectivity index is 1.62. The molecule has 0 aromatic carbocycles. The van der Waals surface area contributed by atoms with Gasteiger partial charge in [-0.1, -0.05) is 18.6 Å². The zero-order valence-electron chi connectivity index (χ0n) is 13.3. The zero-order valence-corrected chi connectivity index (χ0v) is 13.3. The first-order chi connectivity index (χ1) is 10.1. The van der Waals surface area contributed by atoms with Crippen LogP contribution in [0.1, 0.15) is 58.3 Å². The van der Waals surface area contributed by atoms with Crippen molar-refractivity contribution < 1.29 is 4.79 Å². The van der Waals surface area contributed by atoms with Gasteiger partial charge in [-0.2, -0.15) is 0 Å². The van der Waals surface area contributed by atoms with Crippen LogP contribution in [0.3, 0.4) is 0 Å². The van der Waals surface area contributed by atoms with Gasteiger partial charge >= 0.3 is 0 Å². The van der Waals surface area contributed by atoms with Crippen LogP contribution in [0, 0.1) is 35.0 Å². The van der Waals surface area contributed by atoms with Gasteiger partial charge in [-0.15, -0.1) is 6.58 Å². The van der Waals surface area contributed by atoms with Crippen molar-refractivity contribution in [1.29, 1.82) is 0 Å². The summed E-state index contributed by atoms with van der Waals surface area (Å²) in [6, 6.07) is 0. The smallest absolute Gasteiger partial charge is 0.155 e. The third-order valence-electron chi connectivity index (χ3n) is 7.66. The number of ketones is 1. The van der Waals surface area contributed by atoms with Gasteiger partial charge in [0, 0.05) is 6.42 Å². The van der Waals surface area contributed by atoms with Crippen molar-refractivity contribution in [3.8, 4) is 0 Å². The molecule has 6 atom stereocenters. The minimum atomic E-state index is 0.382. The lowest BCUT2D eigenvalue weighted by molar-refractivity contribution is -0.116. The lowest BCUT2D eigenvalue weighted by atomic mass is 9.51. The average Bonchev–Trinajstić information content (AvgIpc) is 2.83. The minimum absolute atomic E-state index is 0.382. The second-order valence-electron chi connectivity index (χ2n) is 8.27. The summed E-state index contributed by atoms with van der Waals surface area (Å²) in [4.78, 5) is 11.7. The maximum Gasteiger partial charge on any atom is 0.155 e. The summed E-state index contributed by atoms with van der Waals surface area (Å²) in [7, 11) is 0. The number of carbonyl (C=O) groups excluding carboxylic acids is 1. The first-order valence-electron chi connectivity index (χ1n) is 8.99. The van der Waals surface area contributed by atoms with Gasteiger partial charge in [-0.25, -0.2) is 0 Å². The summed E-state index contributed by atoms with van der Waals surface area (Å²) in [5, 5.41) is 0. The Bertz CT molecular complexity index is 502. The summed E-state index contributed by atoms with van der Waals surface area (Å²) < 4.78 is 0. The molecule has 0 aromatic heterocycles. The fourth-order valence-electron chi connectivity index (χ4n) is 6.61. The molecule has 0 bridgehead atoms. The van der Waals surface area contributed by atoms with Crippen LogP contribution in [0.2, 0.25) is 0 Å². The Morgan fingerprint density at radius 1 is 1.14 bits per heavy atom. The fourth-order valence-corrected chi connectivity index (χ4v) is 6.61. The summed E-state index contributed by atoms with van der Waals surface area (Å²) in [6.45, 7) is 6.65. The van der Waals surface area contributed by atoms with Crippen molar-refractivity contribution in [2.75, 3.05) is 0 Å². The third-order valence-corrected chi connectivity index (χ3v) is 7.66. The van der Waals surface area contributed by atoms with E-state index in [1.165, 1.54) is 44.1 Å². The number of rotatable bonds is 1. The number of carbonyl (C=O) groups is 1. The van der Waals surface area contributed by atoms with Crippen LogP contribution in [0.5, 0.6) is 0 Å². The summed E-state index contributed by atoms with van der Waals surface area (Å²) in [5.41, 5.74) is 2.03. The summed E-state index contributed by atoms with van der Waals surface area (Å²) in [6.07, 6.45) is 14.3.